The van der Waals surface area contributed by atoms with Crippen molar-refractivity contribution in [2.75, 3.05) is 7.11 Å². The van der Waals surface area contributed by atoms with E-state index in [1.54, 1.807) is 19.2 Å². The molecule has 3 aromatic rings. The van der Waals surface area contributed by atoms with Crippen LogP contribution in [-0.2, 0) is 13.0 Å². The van der Waals surface area contributed by atoms with Gasteiger partial charge in [-0.2, -0.15) is 0 Å². The number of Topliss-reactive ketones (excluding diaryl/α,β-unsaturated/α-hetero) is 1. The highest BCUT2D eigenvalue weighted by Crippen LogP contribution is 2.22. The first kappa shape index (κ1) is 16.8. The van der Waals surface area contributed by atoms with E-state index in [0.29, 0.717) is 17.9 Å². The molecule has 3 heteroatoms. The standard InChI is InChI=1S/C22H20O3/c1-24-20-12-7-11-18(14-20)21(23)15-19-10-5-6-13-22(19)25-16-17-8-3-2-4-9-17/h2-14H,15-16H2,1H3. The molecule has 3 nitrogen and oxygen atoms in total. The molecule has 0 aliphatic heterocycles. The van der Waals surface area contributed by atoms with Crippen LogP contribution in [0.5, 0.6) is 11.5 Å². The molecule has 0 amide bonds. The third-order valence-electron chi connectivity index (χ3n) is 3.95. The van der Waals surface area contributed by atoms with Crippen LogP contribution in [-0.4, -0.2) is 12.9 Å². The summed E-state index contributed by atoms with van der Waals surface area (Å²) in [6.07, 6.45) is 0.290. The number of para-hydroxylation sites is 1. The van der Waals surface area contributed by atoms with Gasteiger partial charge in [0.05, 0.1) is 7.11 Å². The number of carbonyl (C=O) groups is 1. The van der Waals surface area contributed by atoms with Gasteiger partial charge in [0.25, 0.3) is 0 Å². The van der Waals surface area contributed by atoms with E-state index < -0.39 is 0 Å². The smallest absolute Gasteiger partial charge is 0.167 e. The topological polar surface area (TPSA) is 35.5 Å². The molecule has 0 spiro atoms. The number of hydrogen-bond donors (Lipinski definition) is 0. The van der Waals surface area contributed by atoms with Crippen molar-refractivity contribution >= 4 is 5.78 Å². The van der Waals surface area contributed by atoms with Crippen molar-refractivity contribution < 1.29 is 14.3 Å². The minimum absolute atomic E-state index is 0.0367. The van der Waals surface area contributed by atoms with E-state index in [0.717, 1.165) is 16.9 Å². The first-order valence-corrected chi connectivity index (χ1v) is 8.18. The van der Waals surface area contributed by atoms with Gasteiger partial charge < -0.3 is 9.47 Å². The average Bonchev–Trinajstić information content (AvgIpc) is 2.68. The van der Waals surface area contributed by atoms with Gasteiger partial charge in [0.15, 0.2) is 5.78 Å². The quantitative estimate of drug-likeness (QED) is 0.588. The highest BCUT2D eigenvalue weighted by Gasteiger charge is 2.12. The zero-order valence-electron chi connectivity index (χ0n) is 14.1. The Hall–Kier alpha value is -3.07. The number of carbonyl (C=O) groups excluding carboxylic acids is 1. The average molecular weight is 332 g/mol. The molecule has 0 saturated carbocycles. The fraction of sp³-hybridized carbons (Fsp3) is 0.136. The number of methoxy groups -OCH3 is 1. The molecule has 0 aromatic heterocycles. The lowest BCUT2D eigenvalue weighted by molar-refractivity contribution is 0.0991. The monoisotopic (exact) mass is 332 g/mol. The van der Waals surface area contributed by atoms with Crippen LogP contribution in [0.25, 0.3) is 0 Å². The van der Waals surface area contributed by atoms with E-state index in [1.807, 2.05) is 66.7 Å². The van der Waals surface area contributed by atoms with Gasteiger partial charge in [-0.1, -0.05) is 60.7 Å². The second-order valence-corrected chi connectivity index (χ2v) is 5.71. The lowest BCUT2D eigenvalue weighted by atomic mass is 10.0. The van der Waals surface area contributed by atoms with Crippen LogP contribution < -0.4 is 9.47 Å². The Balaban J connectivity index is 1.73. The molecule has 3 aromatic carbocycles. The maximum absolute atomic E-state index is 12.6. The first-order chi connectivity index (χ1) is 12.3. The molecular weight excluding hydrogens is 312 g/mol. The summed E-state index contributed by atoms with van der Waals surface area (Å²) in [7, 11) is 1.59. The molecule has 0 atom stereocenters. The van der Waals surface area contributed by atoms with Crippen molar-refractivity contribution in [2.45, 2.75) is 13.0 Å². The minimum atomic E-state index is 0.0367. The maximum Gasteiger partial charge on any atom is 0.167 e. The molecule has 0 aliphatic rings. The summed E-state index contributed by atoms with van der Waals surface area (Å²) in [4.78, 5) is 12.6. The maximum atomic E-state index is 12.6. The van der Waals surface area contributed by atoms with Crippen molar-refractivity contribution in [3.8, 4) is 11.5 Å². The minimum Gasteiger partial charge on any atom is -0.497 e. The largest absolute Gasteiger partial charge is 0.497 e. The van der Waals surface area contributed by atoms with Gasteiger partial charge >= 0.3 is 0 Å². The number of ether oxygens (including phenoxy) is 2. The number of rotatable bonds is 7. The van der Waals surface area contributed by atoms with Crippen LogP contribution in [0.3, 0.4) is 0 Å². The summed E-state index contributed by atoms with van der Waals surface area (Å²) in [6.45, 7) is 0.477. The Kier molecular flexibility index (Phi) is 5.47. The van der Waals surface area contributed by atoms with Gasteiger partial charge in [-0.3, -0.25) is 4.79 Å². The highest BCUT2D eigenvalue weighted by molar-refractivity contribution is 5.98. The SMILES string of the molecule is COc1cccc(C(=O)Cc2ccccc2OCc2ccccc2)c1. The molecule has 25 heavy (non-hydrogen) atoms. The van der Waals surface area contributed by atoms with Crippen LogP contribution in [0, 0.1) is 0 Å². The summed E-state index contributed by atoms with van der Waals surface area (Å²) in [5.41, 5.74) is 2.61. The second-order valence-electron chi connectivity index (χ2n) is 5.71. The van der Waals surface area contributed by atoms with Crippen molar-refractivity contribution in [3.63, 3.8) is 0 Å². The summed E-state index contributed by atoms with van der Waals surface area (Å²) < 4.78 is 11.1. The highest BCUT2D eigenvalue weighted by atomic mass is 16.5. The van der Waals surface area contributed by atoms with Crippen LogP contribution in [0.15, 0.2) is 78.9 Å². The van der Waals surface area contributed by atoms with E-state index in [2.05, 4.69) is 0 Å². The van der Waals surface area contributed by atoms with Gasteiger partial charge in [0.2, 0.25) is 0 Å². The third-order valence-corrected chi connectivity index (χ3v) is 3.95. The lowest BCUT2D eigenvalue weighted by Crippen LogP contribution is -2.06. The van der Waals surface area contributed by atoms with Gasteiger partial charge in [-0.15, -0.1) is 0 Å². The fourth-order valence-corrected chi connectivity index (χ4v) is 2.60. The Morgan fingerprint density at radius 3 is 2.44 bits per heavy atom. The lowest BCUT2D eigenvalue weighted by Gasteiger charge is -2.11. The summed E-state index contributed by atoms with van der Waals surface area (Å²) in [6, 6.07) is 24.9. The van der Waals surface area contributed by atoms with E-state index in [1.165, 1.54) is 0 Å². The second kappa shape index (κ2) is 8.15. The Morgan fingerprint density at radius 1 is 0.880 bits per heavy atom. The predicted octanol–water partition coefficient (Wildman–Crippen LogP) is 4.70. The van der Waals surface area contributed by atoms with Gasteiger partial charge in [-0.25, -0.2) is 0 Å². The third kappa shape index (κ3) is 4.48. The normalized spacial score (nSPS) is 10.3. The van der Waals surface area contributed by atoms with Crippen LogP contribution in [0.1, 0.15) is 21.5 Å². The molecule has 0 radical (unpaired) electrons. The van der Waals surface area contributed by atoms with Crippen LogP contribution >= 0.6 is 0 Å². The van der Waals surface area contributed by atoms with E-state index in [-0.39, 0.29) is 12.2 Å². The number of benzene rings is 3. The number of hydrogen-bond acceptors (Lipinski definition) is 3. The fourth-order valence-electron chi connectivity index (χ4n) is 2.60. The molecule has 0 unspecified atom stereocenters. The molecular formula is C22H20O3. The molecule has 0 saturated heterocycles. The van der Waals surface area contributed by atoms with E-state index in [4.69, 9.17) is 9.47 Å². The zero-order chi connectivity index (χ0) is 17.5. The zero-order valence-corrected chi connectivity index (χ0v) is 14.1. The van der Waals surface area contributed by atoms with Crippen LogP contribution in [0.4, 0.5) is 0 Å². The predicted molar refractivity (Wildman–Crippen MR) is 98.2 cm³/mol. The number of ketones is 1. The summed E-state index contributed by atoms with van der Waals surface area (Å²) in [5, 5.41) is 0. The Morgan fingerprint density at radius 2 is 1.64 bits per heavy atom. The Bertz CT molecular complexity index is 841. The van der Waals surface area contributed by atoms with Crippen LogP contribution in [0.2, 0.25) is 0 Å². The van der Waals surface area contributed by atoms with Gasteiger partial charge in [-0.05, 0) is 23.8 Å². The summed E-state index contributed by atoms with van der Waals surface area (Å²) >= 11 is 0. The molecule has 0 aliphatic carbocycles. The molecule has 0 heterocycles. The first-order valence-electron chi connectivity index (χ1n) is 8.18. The van der Waals surface area contributed by atoms with Crippen molar-refractivity contribution in [2.24, 2.45) is 0 Å². The van der Waals surface area contributed by atoms with Crippen molar-refractivity contribution in [1.29, 1.82) is 0 Å². The molecule has 3 rings (SSSR count). The molecule has 126 valence electrons. The molecule has 0 N–H and O–H groups in total. The Labute approximate surface area is 147 Å². The van der Waals surface area contributed by atoms with Gasteiger partial charge in [0, 0.05) is 17.5 Å². The summed E-state index contributed by atoms with van der Waals surface area (Å²) in [5.74, 6) is 1.46. The molecule has 0 bridgehead atoms. The van der Waals surface area contributed by atoms with Gasteiger partial charge in [0.1, 0.15) is 18.1 Å². The van der Waals surface area contributed by atoms with Crippen molar-refractivity contribution in [3.05, 3.63) is 95.6 Å². The van der Waals surface area contributed by atoms with E-state index >= 15 is 0 Å². The molecule has 0 fully saturated rings. The van der Waals surface area contributed by atoms with Crippen molar-refractivity contribution in [1.82, 2.24) is 0 Å². The van der Waals surface area contributed by atoms with E-state index in [9.17, 15) is 4.79 Å².